The molecule has 0 saturated carbocycles. The Bertz CT molecular complexity index is 934. The van der Waals surface area contributed by atoms with Gasteiger partial charge in [0.2, 0.25) is 0 Å². The zero-order valence-corrected chi connectivity index (χ0v) is 11.4. The van der Waals surface area contributed by atoms with E-state index in [1.807, 2.05) is 6.07 Å². The van der Waals surface area contributed by atoms with Gasteiger partial charge in [0.25, 0.3) is 5.91 Å². The van der Waals surface area contributed by atoms with Crippen LogP contribution in [0.25, 0.3) is 11.0 Å². The summed E-state index contributed by atoms with van der Waals surface area (Å²) >= 11 is 1.23. The highest BCUT2D eigenvalue weighted by Gasteiger charge is 2.14. The number of nitrogens with one attached hydrogen (secondary N) is 1. The van der Waals surface area contributed by atoms with Crippen LogP contribution < -0.4 is 10.7 Å². The Hall–Kier alpha value is -2.91. The monoisotopic (exact) mass is 296 g/mol. The van der Waals surface area contributed by atoms with Crippen LogP contribution in [0.4, 0.5) is 5.00 Å². The molecule has 1 N–H and O–H groups in total. The van der Waals surface area contributed by atoms with Gasteiger partial charge < -0.3 is 9.73 Å². The molecule has 0 aliphatic rings. The van der Waals surface area contributed by atoms with Crippen molar-refractivity contribution < 1.29 is 9.21 Å². The molecular weight excluding hydrogens is 288 g/mol. The summed E-state index contributed by atoms with van der Waals surface area (Å²) in [5, 5.41) is 14.0. The number of thiophene rings is 1. The summed E-state index contributed by atoms with van der Waals surface area (Å²) in [4.78, 5) is 24.1. The van der Waals surface area contributed by atoms with E-state index in [4.69, 9.17) is 9.68 Å². The molecule has 0 spiro atoms. The van der Waals surface area contributed by atoms with E-state index in [1.54, 1.807) is 35.7 Å². The van der Waals surface area contributed by atoms with Crippen LogP contribution >= 0.6 is 11.3 Å². The first-order chi connectivity index (χ1) is 10.2. The average molecular weight is 296 g/mol. The van der Waals surface area contributed by atoms with Crippen LogP contribution in [-0.4, -0.2) is 5.91 Å². The van der Waals surface area contributed by atoms with Crippen LogP contribution in [0, 0.1) is 11.3 Å². The van der Waals surface area contributed by atoms with Crippen LogP contribution in [0.3, 0.4) is 0 Å². The lowest BCUT2D eigenvalue weighted by atomic mass is 10.2. The predicted molar refractivity (Wildman–Crippen MR) is 79.5 cm³/mol. The number of rotatable bonds is 2. The molecule has 5 nitrogen and oxygen atoms in total. The van der Waals surface area contributed by atoms with E-state index in [0.717, 1.165) is 6.07 Å². The van der Waals surface area contributed by atoms with Crippen LogP contribution in [0.1, 0.15) is 16.1 Å². The second kappa shape index (κ2) is 5.23. The zero-order chi connectivity index (χ0) is 14.8. The number of carbonyl (C=O) groups excluding carboxylic acids is 1. The quantitative estimate of drug-likeness (QED) is 0.788. The van der Waals surface area contributed by atoms with Crippen molar-refractivity contribution >= 4 is 33.2 Å². The molecule has 3 rings (SSSR count). The summed E-state index contributed by atoms with van der Waals surface area (Å²) in [5.74, 6) is -0.646. The van der Waals surface area contributed by atoms with Crippen molar-refractivity contribution in [3.8, 4) is 6.07 Å². The lowest BCUT2D eigenvalue weighted by Gasteiger charge is -2.03. The lowest BCUT2D eigenvalue weighted by Crippen LogP contribution is -2.14. The summed E-state index contributed by atoms with van der Waals surface area (Å²) in [6, 6.07) is 11.4. The van der Waals surface area contributed by atoms with Gasteiger partial charge in [0.1, 0.15) is 16.7 Å². The molecule has 0 bridgehead atoms. The Balaban J connectivity index is 1.99. The normalized spacial score (nSPS) is 10.2. The third-order valence-corrected chi connectivity index (χ3v) is 3.70. The van der Waals surface area contributed by atoms with Crippen LogP contribution in [0.15, 0.2) is 51.0 Å². The van der Waals surface area contributed by atoms with E-state index in [-0.39, 0.29) is 11.2 Å². The Morgan fingerprint density at radius 3 is 2.90 bits per heavy atom. The molecule has 1 amide bonds. The van der Waals surface area contributed by atoms with Crippen LogP contribution in [0.2, 0.25) is 0 Å². The van der Waals surface area contributed by atoms with Gasteiger partial charge in [-0.1, -0.05) is 12.1 Å². The fourth-order valence-electron chi connectivity index (χ4n) is 1.87. The van der Waals surface area contributed by atoms with Gasteiger partial charge >= 0.3 is 0 Å². The highest BCUT2D eigenvalue weighted by Crippen LogP contribution is 2.23. The van der Waals surface area contributed by atoms with Gasteiger partial charge in [-0.05, 0) is 23.6 Å². The third-order valence-electron chi connectivity index (χ3n) is 2.87. The fraction of sp³-hybridized carbons (Fsp3) is 0. The van der Waals surface area contributed by atoms with Gasteiger partial charge in [-0.2, -0.15) is 5.26 Å². The van der Waals surface area contributed by atoms with Crippen LogP contribution in [-0.2, 0) is 0 Å². The number of para-hydroxylation sites is 1. The zero-order valence-electron chi connectivity index (χ0n) is 10.6. The number of amides is 1. The SMILES string of the molecule is N#Cc1ccsc1NC(=O)c1cc(=O)c2ccccc2o1. The molecule has 0 atom stereocenters. The van der Waals surface area contributed by atoms with Crippen molar-refractivity contribution in [1.29, 1.82) is 5.26 Å². The maximum Gasteiger partial charge on any atom is 0.292 e. The molecule has 0 radical (unpaired) electrons. The van der Waals surface area contributed by atoms with Crippen molar-refractivity contribution in [2.45, 2.75) is 0 Å². The second-order valence-electron chi connectivity index (χ2n) is 4.20. The summed E-state index contributed by atoms with van der Waals surface area (Å²) in [6.45, 7) is 0. The largest absolute Gasteiger partial charge is 0.451 e. The van der Waals surface area contributed by atoms with E-state index < -0.39 is 5.91 Å². The van der Waals surface area contributed by atoms with Gasteiger partial charge in [-0.15, -0.1) is 11.3 Å². The van der Waals surface area contributed by atoms with E-state index in [2.05, 4.69) is 5.32 Å². The van der Waals surface area contributed by atoms with Crippen molar-refractivity contribution in [2.75, 3.05) is 5.32 Å². The van der Waals surface area contributed by atoms with Crippen LogP contribution in [0.5, 0.6) is 0 Å². The van der Waals surface area contributed by atoms with Crippen molar-refractivity contribution in [3.05, 3.63) is 63.3 Å². The Morgan fingerprint density at radius 1 is 1.29 bits per heavy atom. The number of nitriles is 1. The summed E-state index contributed by atoms with van der Waals surface area (Å²) < 4.78 is 5.44. The van der Waals surface area contributed by atoms with Gasteiger partial charge in [0.05, 0.1) is 10.9 Å². The molecule has 21 heavy (non-hydrogen) atoms. The molecule has 0 unspecified atom stereocenters. The number of fused-ring (bicyclic) bond motifs is 1. The molecule has 2 heterocycles. The smallest absolute Gasteiger partial charge is 0.292 e. The standard InChI is InChI=1S/C15H8N2O3S/c16-8-9-5-6-21-15(9)17-14(19)13-7-11(18)10-3-1-2-4-12(10)20-13/h1-7H,(H,17,19). The number of anilines is 1. The Kier molecular flexibility index (Phi) is 3.26. The minimum Gasteiger partial charge on any atom is -0.451 e. The maximum absolute atomic E-state index is 12.1. The molecule has 6 heteroatoms. The molecule has 0 aliphatic heterocycles. The molecule has 0 saturated heterocycles. The lowest BCUT2D eigenvalue weighted by molar-refractivity contribution is 0.0997. The first kappa shape index (κ1) is 13.1. The minimum absolute atomic E-state index is 0.0870. The molecule has 2 aromatic heterocycles. The Morgan fingerprint density at radius 2 is 2.10 bits per heavy atom. The van der Waals surface area contributed by atoms with E-state index in [1.165, 1.54) is 11.3 Å². The number of benzene rings is 1. The van der Waals surface area contributed by atoms with E-state index in [9.17, 15) is 9.59 Å². The minimum atomic E-state index is -0.559. The summed E-state index contributed by atoms with van der Waals surface area (Å²) in [7, 11) is 0. The average Bonchev–Trinajstić information content (AvgIpc) is 2.94. The topological polar surface area (TPSA) is 83.1 Å². The molecular formula is C15H8N2O3S. The van der Waals surface area contributed by atoms with Crippen molar-refractivity contribution in [3.63, 3.8) is 0 Å². The highest BCUT2D eigenvalue weighted by atomic mass is 32.1. The molecule has 0 fully saturated rings. The number of hydrogen-bond acceptors (Lipinski definition) is 5. The summed E-state index contributed by atoms with van der Waals surface area (Å²) in [5.41, 5.74) is 0.437. The van der Waals surface area contributed by atoms with Gasteiger partial charge in [0, 0.05) is 6.07 Å². The number of carbonyl (C=O) groups is 1. The fourth-order valence-corrected chi connectivity index (χ4v) is 2.61. The molecule has 0 aliphatic carbocycles. The number of nitrogens with zero attached hydrogens (tertiary/aromatic N) is 1. The second-order valence-corrected chi connectivity index (χ2v) is 5.12. The predicted octanol–water partition coefficient (Wildman–Crippen LogP) is 2.98. The highest BCUT2D eigenvalue weighted by molar-refractivity contribution is 7.14. The Labute approximate surface area is 123 Å². The maximum atomic E-state index is 12.1. The first-order valence-electron chi connectivity index (χ1n) is 6.01. The van der Waals surface area contributed by atoms with Gasteiger partial charge in [-0.3, -0.25) is 9.59 Å². The van der Waals surface area contributed by atoms with E-state index >= 15 is 0 Å². The molecule has 102 valence electrons. The van der Waals surface area contributed by atoms with Crippen molar-refractivity contribution in [2.24, 2.45) is 0 Å². The molecule has 3 aromatic rings. The van der Waals surface area contributed by atoms with E-state index in [0.29, 0.717) is 21.5 Å². The summed E-state index contributed by atoms with van der Waals surface area (Å²) in [6.07, 6.45) is 0. The van der Waals surface area contributed by atoms with Gasteiger partial charge in [0.15, 0.2) is 11.2 Å². The first-order valence-corrected chi connectivity index (χ1v) is 6.89. The van der Waals surface area contributed by atoms with Gasteiger partial charge in [-0.25, -0.2) is 0 Å². The molecule has 1 aromatic carbocycles. The van der Waals surface area contributed by atoms with Crippen molar-refractivity contribution in [1.82, 2.24) is 0 Å². The number of hydrogen-bond donors (Lipinski definition) is 1. The third kappa shape index (κ3) is 2.42.